The molecule has 0 heterocycles. The van der Waals surface area contributed by atoms with E-state index >= 15 is 0 Å². The first kappa shape index (κ1) is 17.2. The number of imide groups is 1. The van der Waals surface area contributed by atoms with Crippen molar-refractivity contribution in [2.75, 3.05) is 13.6 Å². The summed E-state index contributed by atoms with van der Waals surface area (Å²) in [6, 6.07) is 7.98. The molecule has 1 atom stereocenters. The lowest BCUT2D eigenvalue weighted by Crippen LogP contribution is -2.43. The van der Waals surface area contributed by atoms with Crippen molar-refractivity contribution < 1.29 is 9.59 Å². The fourth-order valence-electron chi connectivity index (χ4n) is 2.14. The molecule has 0 unspecified atom stereocenters. The van der Waals surface area contributed by atoms with Gasteiger partial charge in [0.2, 0.25) is 5.91 Å². The van der Waals surface area contributed by atoms with Gasteiger partial charge in [-0.1, -0.05) is 45.0 Å². The number of rotatable bonds is 6. The van der Waals surface area contributed by atoms with Crippen LogP contribution in [0.3, 0.4) is 0 Å². The summed E-state index contributed by atoms with van der Waals surface area (Å²) >= 11 is 0. The van der Waals surface area contributed by atoms with Gasteiger partial charge in [0.1, 0.15) is 0 Å². The minimum atomic E-state index is -0.491. The minimum absolute atomic E-state index is 0.0753. The lowest BCUT2D eigenvalue weighted by atomic mass is 9.95. The molecule has 0 aliphatic rings. The Hall–Kier alpha value is -1.88. The fourth-order valence-corrected chi connectivity index (χ4v) is 2.14. The van der Waals surface area contributed by atoms with Crippen LogP contribution in [-0.4, -0.2) is 25.5 Å². The summed E-state index contributed by atoms with van der Waals surface area (Å²) in [5.74, 6) is -0.00421. The van der Waals surface area contributed by atoms with Crippen molar-refractivity contribution >= 4 is 11.9 Å². The number of amides is 3. The molecule has 0 aliphatic carbocycles. The molecule has 0 bridgehead atoms. The molecule has 0 spiro atoms. The molecule has 5 heteroatoms. The monoisotopic (exact) mass is 291 g/mol. The van der Waals surface area contributed by atoms with E-state index in [4.69, 9.17) is 0 Å². The molecule has 0 saturated carbocycles. The lowest BCUT2D eigenvalue weighted by Gasteiger charge is -2.23. The van der Waals surface area contributed by atoms with Crippen LogP contribution < -0.4 is 16.0 Å². The quantitative estimate of drug-likeness (QED) is 0.750. The summed E-state index contributed by atoms with van der Waals surface area (Å²) in [6.07, 6.45) is 1.01. The maximum Gasteiger partial charge on any atom is 0.321 e. The maximum atomic E-state index is 11.6. The van der Waals surface area contributed by atoms with Crippen molar-refractivity contribution in [1.29, 1.82) is 0 Å². The van der Waals surface area contributed by atoms with Crippen molar-refractivity contribution in [3.8, 4) is 0 Å². The first-order valence-electron chi connectivity index (χ1n) is 7.31. The van der Waals surface area contributed by atoms with Crippen molar-refractivity contribution in [2.45, 2.75) is 33.2 Å². The molecule has 0 aromatic heterocycles. The molecule has 21 heavy (non-hydrogen) atoms. The molecular formula is C16H25N3O2. The number of urea groups is 1. The highest BCUT2D eigenvalue weighted by molar-refractivity contribution is 5.95. The van der Waals surface area contributed by atoms with Crippen molar-refractivity contribution in [3.63, 3.8) is 0 Å². The smallest absolute Gasteiger partial charge is 0.321 e. The van der Waals surface area contributed by atoms with Crippen LogP contribution in [-0.2, 0) is 11.2 Å². The van der Waals surface area contributed by atoms with E-state index < -0.39 is 6.03 Å². The number of carbonyl (C=O) groups is 2. The molecule has 0 radical (unpaired) electrons. The van der Waals surface area contributed by atoms with Crippen molar-refractivity contribution in [3.05, 3.63) is 35.4 Å². The van der Waals surface area contributed by atoms with Crippen LogP contribution in [0.4, 0.5) is 4.79 Å². The van der Waals surface area contributed by atoms with Gasteiger partial charge in [-0.2, -0.15) is 0 Å². The highest BCUT2D eigenvalue weighted by atomic mass is 16.2. The normalized spacial score (nSPS) is 12.0. The van der Waals surface area contributed by atoms with Crippen LogP contribution in [0.15, 0.2) is 24.3 Å². The Balaban J connectivity index is 2.65. The van der Waals surface area contributed by atoms with Crippen LogP contribution in [0, 0.1) is 5.92 Å². The van der Waals surface area contributed by atoms with Crippen LogP contribution in [0.2, 0.25) is 0 Å². The minimum Gasteiger partial charge on any atom is -0.341 e. The van der Waals surface area contributed by atoms with E-state index in [0.717, 1.165) is 12.0 Å². The zero-order valence-electron chi connectivity index (χ0n) is 13.2. The number of aryl methyl sites for hydroxylation is 1. The van der Waals surface area contributed by atoms with Gasteiger partial charge in [-0.25, -0.2) is 4.79 Å². The Morgan fingerprint density at radius 3 is 2.24 bits per heavy atom. The summed E-state index contributed by atoms with van der Waals surface area (Å²) in [7, 11) is 1.47. The Labute approximate surface area is 126 Å². The van der Waals surface area contributed by atoms with Gasteiger partial charge in [-0.3, -0.25) is 10.1 Å². The summed E-state index contributed by atoms with van der Waals surface area (Å²) in [6.45, 7) is 6.42. The van der Waals surface area contributed by atoms with E-state index in [1.807, 2.05) is 0 Å². The average molecular weight is 291 g/mol. The molecule has 116 valence electrons. The Kier molecular flexibility index (Phi) is 6.88. The lowest BCUT2D eigenvalue weighted by molar-refractivity contribution is -0.119. The topological polar surface area (TPSA) is 70.2 Å². The molecule has 1 rings (SSSR count). The van der Waals surface area contributed by atoms with Gasteiger partial charge in [0.25, 0.3) is 0 Å². The molecule has 0 aliphatic heterocycles. The second-order valence-electron chi connectivity index (χ2n) is 5.33. The second kappa shape index (κ2) is 8.42. The van der Waals surface area contributed by atoms with Crippen molar-refractivity contribution in [2.24, 2.45) is 5.92 Å². The average Bonchev–Trinajstić information content (AvgIpc) is 2.47. The van der Waals surface area contributed by atoms with Crippen LogP contribution in [0.1, 0.15) is 37.9 Å². The molecule has 3 N–H and O–H groups in total. The standard InChI is InChI=1S/C16H25N3O2/c1-5-12-6-8-13(9-7-12)15(11(2)3)18-10-14(20)19-16(21)17-4/h6-9,11,15,18H,5,10H2,1-4H3,(H2,17,19,20,21)/t15-/m1/s1. The summed E-state index contributed by atoms with van der Waals surface area (Å²) < 4.78 is 0. The van der Waals surface area contributed by atoms with E-state index in [1.54, 1.807) is 0 Å². The first-order chi connectivity index (χ1) is 9.97. The molecule has 0 saturated heterocycles. The zero-order valence-corrected chi connectivity index (χ0v) is 13.2. The molecule has 0 fully saturated rings. The number of hydrogen-bond donors (Lipinski definition) is 3. The molecule has 3 amide bonds. The number of nitrogens with one attached hydrogen (secondary N) is 3. The summed E-state index contributed by atoms with van der Waals surface area (Å²) in [4.78, 5) is 22.7. The SMILES string of the molecule is CCc1ccc([C@H](NCC(=O)NC(=O)NC)C(C)C)cc1. The van der Waals surface area contributed by atoms with Gasteiger partial charge in [0.05, 0.1) is 6.54 Å². The van der Waals surface area contributed by atoms with E-state index in [1.165, 1.54) is 12.6 Å². The number of hydrogen-bond acceptors (Lipinski definition) is 3. The van der Waals surface area contributed by atoms with Crippen LogP contribution in [0.5, 0.6) is 0 Å². The van der Waals surface area contributed by atoms with Crippen LogP contribution >= 0.6 is 0 Å². The van der Waals surface area contributed by atoms with Gasteiger partial charge in [-0.15, -0.1) is 0 Å². The summed E-state index contributed by atoms with van der Waals surface area (Å²) in [5.41, 5.74) is 2.44. The molecule has 5 nitrogen and oxygen atoms in total. The molecule has 1 aromatic rings. The van der Waals surface area contributed by atoms with E-state index in [0.29, 0.717) is 5.92 Å². The largest absolute Gasteiger partial charge is 0.341 e. The molecular weight excluding hydrogens is 266 g/mol. The van der Waals surface area contributed by atoms with Gasteiger partial charge in [0.15, 0.2) is 0 Å². The van der Waals surface area contributed by atoms with Gasteiger partial charge >= 0.3 is 6.03 Å². The van der Waals surface area contributed by atoms with Gasteiger partial charge in [-0.05, 0) is 23.5 Å². The zero-order chi connectivity index (χ0) is 15.8. The fraction of sp³-hybridized carbons (Fsp3) is 0.500. The number of benzene rings is 1. The van der Waals surface area contributed by atoms with E-state index in [9.17, 15) is 9.59 Å². The Morgan fingerprint density at radius 1 is 1.14 bits per heavy atom. The van der Waals surface area contributed by atoms with Gasteiger partial charge < -0.3 is 10.6 Å². The predicted octanol–water partition coefficient (Wildman–Crippen LogP) is 1.99. The van der Waals surface area contributed by atoms with E-state index in [-0.39, 0.29) is 18.5 Å². The third kappa shape index (κ3) is 5.55. The maximum absolute atomic E-state index is 11.6. The number of carbonyl (C=O) groups excluding carboxylic acids is 2. The molecule has 1 aromatic carbocycles. The first-order valence-corrected chi connectivity index (χ1v) is 7.31. The van der Waals surface area contributed by atoms with Crippen LogP contribution in [0.25, 0.3) is 0 Å². The predicted molar refractivity (Wildman–Crippen MR) is 84.0 cm³/mol. The third-order valence-corrected chi connectivity index (χ3v) is 3.38. The Bertz CT molecular complexity index is 469. The highest BCUT2D eigenvalue weighted by Crippen LogP contribution is 2.21. The summed E-state index contributed by atoms with van der Waals surface area (Å²) in [5, 5.41) is 7.80. The highest BCUT2D eigenvalue weighted by Gasteiger charge is 2.17. The van der Waals surface area contributed by atoms with Gasteiger partial charge in [0, 0.05) is 13.1 Å². The Morgan fingerprint density at radius 2 is 1.76 bits per heavy atom. The van der Waals surface area contributed by atoms with Crippen molar-refractivity contribution in [1.82, 2.24) is 16.0 Å². The second-order valence-corrected chi connectivity index (χ2v) is 5.33. The van der Waals surface area contributed by atoms with E-state index in [2.05, 4.69) is 61.0 Å². The third-order valence-electron chi connectivity index (χ3n) is 3.38.